The molecule has 3 atom stereocenters. The fourth-order valence-electron chi connectivity index (χ4n) is 7.05. The molecule has 52 heavy (non-hydrogen) atoms. The third kappa shape index (κ3) is 8.29. The first-order chi connectivity index (χ1) is 24.9. The Balaban J connectivity index is 1.35. The Morgan fingerprint density at radius 1 is 1.02 bits per heavy atom. The molecular formula is C37H37Cl2F2N3O7S. The first-order valence-electron chi connectivity index (χ1n) is 16.6. The van der Waals surface area contributed by atoms with Gasteiger partial charge in [-0.1, -0.05) is 47.5 Å². The highest BCUT2D eigenvalue weighted by molar-refractivity contribution is 7.14. The van der Waals surface area contributed by atoms with Crippen molar-refractivity contribution in [3.8, 4) is 11.5 Å². The second-order valence-electron chi connectivity index (χ2n) is 12.9. The molecule has 10 nitrogen and oxygen atoms in total. The lowest BCUT2D eigenvalue weighted by Gasteiger charge is -2.44. The van der Waals surface area contributed by atoms with Gasteiger partial charge in [0.1, 0.15) is 27.1 Å². The predicted octanol–water partition coefficient (Wildman–Crippen LogP) is 7.18. The van der Waals surface area contributed by atoms with Crippen LogP contribution in [0.25, 0.3) is 0 Å². The van der Waals surface area contributed by atoms with Gasteiger partial charge in [0, 0.05) is 35.0 Å². The van der Waals surface area contributed by atoms with Gasteiger partial charge >= 0.3 is 11.9 Å². The van der Waals surface area contributed by atoms with Crippen molar-refractivity contribution >= 4 is 46.5 Å². The Morgan fingerprint density at radius 3 is 2.33 bits per heavy atom. The summed E-state index contributed by atoms with van der Waals surface area (Å²) in [6.45, 7) is 2.55. The van der Waals surface area contributed by atoms with Gasteiger partial charge in [-0.2, -0.15) is 4.73 Å². The maximum atomic E-state index is 13.8. The lowest BCUT2D eigenvalue weighted by Crippen LogP contribution is -2.52. The number of nitrogens with one attached hydrogen (secondary N) is 1. The van der Waals surface area contributed by atoms with Gasteiger partial charge in [-0.3, -0.25) is 10.2 Å². The number of alkyl halides is 2. The van der Waals surface area contributed by atoms with Gasteiger partial charge in [0.2, 0.25) is 0 Å². The standard InChI is InChI=1S/C37H37Cl2F2N3O7S/c1-49-30-7-6-21(13-31(30)50-2)25(15-27-28(38)17-44(48)18-29(27)39)26-14-24(52-34(26)36(45)46)16-42-33(22-4-3-5-23(12-22)35(40)41)37(47)51-32-19-43-10-8-20(32)9-11-43/h3-7,12-14,17-18,20,25,32-33,35,42H,8-11,15-16,19H2,1-2H3,(H,45,46)/t25-,32-,33?/m0/s1. The molecule has 0 spiro atoms. The zero-order valence-corrected chi connectivity index (χ0v) is 30.6. The van der Waals surface area contributed by atoms with E-state index in [1.165, 1.54) is 44.8 Å². The molecule has 2 aromatic heterocycles. The topological polar surface area (TPSA) is 124 Å². The second-order valence-corrected chi connectivity index (χ2v) is 14.8. The molecule has 3 aliphatic rings. The summed E-state index contributed by atoms with van der Waals surface area (Å²) in [7, 11) is 2.99. The molecular weight excluding hydrogens is 739 g/mol. The summed E-state index contributed by atoms with van der Waals surface area (Å²) in [5.74, 6) is -1.30. The van der Waals surface area contributed by atoms with E-state index >= 15 is 0 Å². The molecule has 2 aromatic carbocycles. The summed E-state index contributed by atoms with van der Waals surface area (Å²) >= 11 is 14.0. The van der Waals surface area contributed by atoms with Crippen molar-refractivity contribution in [1.82, 2.24) is 10.2 Å². The number of nitrogens with zero attached hydrogens (tertiary/aromatic N) is 2. The molecule has 2 N–H and O–H groups in total. The van der Waals surface area contributed by atoms with Crippen LogP contribution >= 0.6 is 34.5 Å². The van der Waals surface area contributed by atoms with Crippen LogP contribution in [-0.4, -0.2) is 61.9 Å². The van der Waals surface area contributed by atoms with E-state index in [-0.39, 0.29) is 45.5 Å². The third-order valence-corrected chi connectivity index (χ3v) is 11.5. The van der Waals surface area contributed by atoms with E-state index < -0.39 is 30.3 Å². The number of esters is 1. The largest absolute Gasteiger partial charge is 0.619 e. The number of hydrogen-bond acceptors (Lipinski definition) is 9. The molecule has 5 heterocycles. The molecule has 15 heteroatoms. The van der Waals surface area contributed by atoms with Gasteiger partial charge in [0.05, 0.1) is 14.2 Å². The summed E-state index contributed by atoms with van der Waals surface area (Å²) < 4.78 is 45.0. The minimum absolute atomic E-state index is 0.0194. The number of pyridine rings is 1. The number of aromatic nitrogens is 1. The monoisotopic (exact) mass is 775 g/mol. The Labute approximate surface area is 313 Å². The summed E-state index contributed by atoms with van der Waals surface area (Å²) in [6, 6.07) is 11.5. The number of carboxylic acids is 1. The molecule has 0 radical (unpaired) electrons. The van der Waals surface area contributed by atoms with Crippen LogP contribution < -0.4 is 19.5 Å². The molecule has 3 saturated heterocycles. The number of benzene rings is 2. The summed E-state index contributed by atoms with van der Waals surface area (Å²) in [5.41, 5.74) is 1.60. The Bertz CT molecular complexity index is 1920. The Kier molecular flexibility index (Phi) is 11.9. The van der Waals surface area contributed by atoms with E-state index in [1.807, 2.05) is 0 Å². The van der Waals surface area contributed by atoms with E-state index in [2.05, 4.69) is 10.2 Å². The molecule has 3 fully saturated rings. The quantitative estimate of drug-likeness (QED) is 0.0779. The molecule has 7 rings (SSSR count). The zero-order chi connectivity index (χ0) is 37.1. The number of carbonyl (C=O) groups excluding carboxylic acids is 1. The number of methoxy groups -OCH3 is 2. The third-order valence-electron chi connectivity index (χ3n) is 9.73. The zero-order valence-electron chi connectivity index (χ0n) is 28.3. The van der Waals surface area contributed by atoms with E-state index in [0.717, 1.165) is 37.3 Å². The lowest BCUT2D eigenvalue weighted by molar-refractivity contribution is -0.605. The summed E-state index contributed by atoms with van der Waals surface area (Å²) in [5, 5.41) is 25.9. The number of hydrogen-bond donors (Lipinski definition) is 2. The number of carboxylic acid groups (broad SMARTS) is 1. The Hall–Kier alpha value is -4.01. The molecule has 0 amide bonds. The highest BCUT2D eigenvalue weighted by Gasteiger charge is 2.38. The first-order valence-corrected chi connectivity index (χ1v) is 18.2. The van der Waals surface area contributed by atoms with Gasteiger partial charge in [0.25, 0.3) is 6.43 Å². The highest BCUT2D eigenvalue weighted by atomic mass is 35.5. The maximum absolute atomic E-state index is 13.8. The van der Waals surface area contributed by atoms with E-state index in [0.29, 0.717) is 49.9 Å². The van der Waals surface area contributed by atoms with Crippen molar-refractivity contribution in [3.05, 3.63) is 114 Å². The van der Waals surface area contributed by atoms with Crippen LogP contribution in [0.1, 0.15) is 73.6 Å². The van der Waals surface area contributed by atoms with Crippen LogP contribution in [0.3, 0.4) is 0 Å². The van der Waals surface area contributed by atoms with Gasteiger partial charge in [-0.15, -0.1) is 11.3 Å². The van der Waals surface area contributed by atoms with Gasteiger partial charge in [-0.25, -0.2) is 18.4 Å². The van der Waals surface area contributed by atoms with Crippen LogP contribution in [0, 0.1) is 11.1 Å². The number of carbonyl (C=O) groups is 2. The van der Waals surface area contributed by atoms with Crippen molar-refractivity contribution in [2.24, 2.45) is 5.92 Å². The number of rotatable bonds is 14. The van der Waals surface area contributed by atoms with Crippen molar-refractivity contribution < 1.29 is 42.4 Å². The summed E-state index contributed by atoms with van der Waals surface area (Å²) in [6.07, 6.45) is 1.26. The SMILES string of the molecule is COc1ccc([C@H](Cc2c(Cl)c[n+]([O-])cc2Cl)c2cc(CNC(C(=O)O[C@H]3CN4CCC3CC4)c3cccc(C(F)F)c3)sc2C(=O)O)cc1OC. The molecule has 0 aliphatic carbocycles. The molecule has 4 aromatic rings. The van der Waals surface area contributed by atoms with Crippen LogP contribution in [0.15, 0.2) is 60.9 Å². The van der Waals surface area contributed by atoms with Crippen molar-refractivity contribution in [2.75, 3.05) is 33.9 Å². The number of ether oxygens (including phenoxy) is 3. The average Bonchev–Trinajstić information content (AvgIpc) is 3.56. The van der Waals surface area contributed by atoms with E-state index in [9.17, 15) is 28.7 Å². The minimum atomic E-state index is -2.74. The van der Waals surface area contributed by atoms with Crippen molar-refractivity contribution in [3.63, 3.8) is 0 Å². The van der Waals surface area contributed by atoms with Crippen LogP contribution in [0.5, 0.6) is 11.5 Å². The number of thiophene rings is 1. The first kappa shape index (κ1) is 37.7. The van der Waals surface area contributed by atoms with E-state index in [4.69, 9.17) is 37.4 Å². The number of fused-ring (bicyclic) bond motifs is 3. The molecule has 0 saturated carbocycles. The van der Waals surface area contributed by atoms with Gasteiger partial charge in [0.15, 0.2) is 23.9 Å². The normalized spacial score (nSPS) is 19.3. The van der Waals surface area contributed by atoms with Crippen LogP contribution in [0.2, 0.25) is 10.0 Å². The number of piperidine rings is 3. The lowest BCUT2D eigenvalue weighted by atomic mass is 9.85. The van der Waals surface area contributed by atoms with Gasteiger partial charge in [-0.05, 0) is 79.2 Å². The smallest absolute Gasteiger partial charge is 0.346 e. The average molecular weight is 777 g/mol. The predicted molar refractivity (Wildman–Crippen MR) is 192 cm³/mol. The highest BCUT2D eigenvalue weighted by Crippen LogP contribution is 2.41. The molecule has 276 valence electrons. The fraction of sp³-hybridized carbons (Fsp3) is 0.378. The minimum Gasteiger partial charge on any atom is -0.619 e. The molecule has 3 aliphatic heterocycles. The molecule has 2 bridgehead atoms. The Morgan fingerprint density at radius 2 is 1.71 bits per heavy atom. The summed E-state index contributed by atoms with van der Waals surface area (Å²) in [4.78, 5) is 29.4. The fourth-order valence-corrected chi connectivity index (χ4v) is 8.66. The van der Waals surface area contributed by atoms with Crippen LogP contribution in [0.4, 0.5) is 8.78 Å². The van der Waals surface area contributed by atoms with Gasteiger partial charge < -0.3 is 24.5 Å². The van der Waals surface area contributed by atoms with Crippen LogP contribution in [-0.2, 0) is 22.5 Å². The number of aromatic carboxylic acids is 1. The van der Waals surface area contributed by atoms with Crippen molar-refractivity contribution in [2.45, 2.75) is 50.3 Å². The maximum Gasteiger partial charge on any atom is 0.346 e. The number of halogens is 4. The van der Waals surface area contributed by atoms with Crippen molar-refractivity contribution in [1.29, 1.82) is 0 Å². The molecule has 1 unspecified atom stereocenters. The second kappa shape index (κ2) is 16.3. The van der Waals surface area contributed by atoms with E-state index in [1.54, 1.807) is 30.3 Å².